The van der Waals surface area contributed by atoms with Crippen LogP contribution in [0.3, 0.4) is 0 Å². The molecule has 0 aliphatic heterocycles. The first-order valence-corrected chi connectivity index (χ1v) is 5.64. The molecule has 0 saturated heterocycles. The summed E-state index contributed by atoms with van der Waals surface area (Å²) in [5.74, 6) is 0. The third-order valence-electron chi connectivity index (χ3n) is 2.57. The molecule has 4 heteroatoms. The Morgan fingerprint density at radius 2 is 2.31 bits per heavy atom. The van der Waals surface area contributed by atoms with Crippen LogP contribution in [0.2, 0.25) is 0 Å². The van der Waals surface area contributed by atoms with Crippen molar-refractivity contribution in [2.75, 3.05) is 7.05 Å². The summed E-state index contributed by atoms with van der Waals surface area (Å²) < 4.78 is 2.08. The maximum absolute atomic E-state index is 8.89. The molecular formula is C12H20N4. The van der Waals surface area contributed by atoms with E-state index in [9.17, 15) is 0 Å². The topological polar surface area (TPSA) is 53.6 Å². The Morgan fingerprint density at radius 3 is 2.94 bits per heavy atom. The molecule has 0 aliphatic rings. The molecule has 0 bridgehead atoms. The van der Waals surface area contributed by atoms with Crippen molar-refractivity contribution < 1.29 is 0 Å². The highest BCUT2D eigenvalue weighted by Gasteiger charge is 2.15. The minimum atomic E-state index is -0.214. The largest absolute Gasteiger partial charge is 0.337 e. The van der Waals surface area contributed by atoms with E-state index in [1.165, 1.54) is 0 Å². The summed E-state index contributed by atoms with van der Waals surface area (Å²) >= 11 is 0. The van der Waals surface area contributed by atoms with Crippen molar-refractivity contribution in [2.45, 2.75) is 39.8 Å². The number of rotatable bonds is 6. The van der Waals surface area contributed by atoms with E-state index < -0.39 is 0 Å². The summed E-state index contributed by atoms with van der Waals surface area (Å²) in [7, 11) is 1.91. The maximum atomic E-state index is 8.89. The molecule has 0 unspecified atom stereocenters. The van der Waals surface area contributed by atoms with E-state index in [2.05, 4.69) is 27.1 Å². The van der Waals surface area contributed by atoms with Gasteiger partial charge in [-0.3, -0.25) is 0 Å². The van der Waals surface area contributed by atoms with Gasteiger partial charge in [-0.25, -0.2) is 4.98 Å². The lowest BCUT2D eigenvalue weighted by molar-refractivity contribution is 0.415. The van der Waals surface area contributed by atoms with E-state index in [1.54, 1.807) is 0 Å². The highest BCUT2D eigenvalue weighted by Crippen LogP contribution is 2.20. The number of hydrogen-bond donors (Lipinski definition) is 1. The van der Waals surface area contributed by atoms with Gasteiger partial charge in [-0.15, -0.1) is 0 Å². The zero-order chi connectivity index (χ0) is 12.0. The molecule has 0 fully saturated rings. The van der Waals surface area contributed by atoms with Gasteiger partial charge in [-0.05, 0) is 33.7 Å². The molecule has 0 spiro atoms. The van der Waals surface area contributed by atoms with Gasteiger partial charge in [0.25, 0.3) is 0 Å². The maximum Gasteiger partial charge on any atom is 0.0949 e. The molecule has 0 aromatic carbocycles. The molecule has 4 nitrogen and oxygen atoms in total. The average Bonchev–Trinajstić information content (AvgIpc) is 2.66. The molecule has 0 atom stereocenters. The van der Waals surface area contributed by atoms with Gasteiger partial charge >= 0.3 is 0 Å². The molecule has 88 valence electrons. The zero-order valence-electron chi connectivity index (χ0n) is 10.3. The van der Waals surface area contributed by atoms with Crippen molar-refractivity contribution >= 4 is 0 Å². The normalized spacial score (nSPS) is 11.4. The van der Waals surface area contributed by atoms with Gasteiger partial charge in [0.15, 0.2) is 0 Å². The lowest BCUT2D eigenvalue weighted by atomic mass is 9.90. The summed E-state index contributed by atoms with van der Waals surface area (Å²) in [6.07, 6.45) is 5.83. The van der Waals surface area contributed by atoms with E-state index >= 15 is 0 Å². The van der Waals surface area contributed by atoms with Crippen molar-refractivity contribution in [1.29, 1.82) is 5.26 Å². The number of nitrogens with zero attached hydrogens (tertiary/aromatic N) is 3. The Morgan fingerprint density at radius 1 is 1.56 bits per heavy atom. The van der Waals surface area contributed by atoms with Crippen LogP contribution in [0, 0.1) is 16.7 Å². The van der Waals surface area contributed by atoms with Crippen LogP contribution in [0.4, 0.5) is 0 Å². The van der Waals surface area contributed by atoms with Gasteiger partial charge in [-0.1, -0.05) is 0 Å². The molecule has 0 amide bonds. The van der Waals surface area contributed by atoms with Gasteiger partial charge in [-0.2, -0.15) is 5.26 Å². The van der Waals surface area contributed by atoms with Crippen molar-refractivity contribution in [3.63, 3.8) is 0 Å². The minimum absolute atomic E-state index is 0.214. The number of nitriles is 1. The molecule has 1 N–H and O–H groups in total. The first-order valence-electron chi connectivity index (χ1n) is 5.64. The van der Waals surface area contributed by atoms with E-state index in [0.717, 1.165) is 31.6 Å². The molecule has 1 aromatic heterocycles. The molecule has 1 heterocycles. The first-order chi connectivity index (χ1) is 7.57. The molecular weight excluding hydrogens is 200 g/mol. The fourth-order valence-electron chi connectivity index (χ4n) is 1.56. The quantitative estimate of drug-likeness (QED) is 0.797. The number of hydrogen-bond acceptors (Lipinski definition) is 3. The van der Waals surface area contributed by atoms with Gasteiger partial charge < -0.3 is 9.88 Å². The third kappa shape index (κ3) is 4.03. The van der Waals surface area contributed by atoms with Gasteiger partial charge in [0.05, 0.1) is 23.5 Å². The Kier molecular flexibility index (Phi) is 4.51. The summed E-state index contributed by atoms with van der Waals surface area (Å²) in [5.41, 5.74) is 0.844. The number of aromatic nitrogens is 2. The van der Waals surface area contributed by atoms with Gasteiger partial charge in [0, 0.05) is 19.3 Å². The van der Waals surface area contributed by atoms with E-state index in [1.807, 2.05) is 27.2 Å². The Bertz CT molecular complexity index is 359. The first kappa shape index (κ1) is 12.7. The summed E-state index contributed by atoms with van der Waals surface area (Å²) in [4.78, 5) is 4.28. The van der Waals surface area contributed by atoms with Crippen LogP contribution in [-0.4, -0.2) is 16.6 Å². The van der Waals surface area contributed by atoms with Crippen LogP contribution in [0.5, 0.6) is 0 Å². The average molecular weight is 220 g/mol. The van der Waals surface area contributed by atoms with Crippen LogP contribution >= 0.6 is 0 Å². The molecule has 1 rings (SSSR count). The van der Waals surface area contributed by atoms with Crippen molar-refractivity contribution in [1.82, 2.24) is 14.9 Å². The second kappa shape index (κ2) is 5.66. The molecule has 0 radical (unpaired) electrons. The standard InChI is InChI=1S/C12H20N4/c1-12(2,9-13)5-4-6-16-8-11(7-14-3)15-10-16/h8,10,14H,4-7H2,1-3H3. The smallest absolute Gasteiger partial charge is 0.0949 e. The summed E-state index contributed by atoms with van der Waals surface area (Å²) in [6, 6.07) is 2.32. The van der Waals surface area contributed by atoms with E-state index in [4.69, 9.17) is 5.26 Å². The monoisotopic (exact) mass is 220 g/mol. The number of imidazole rings is 1. The van der Waals surface area contributed by atoms with Crippen LogP contribution in [0.25, 0.3) is 0 Å². The third-order valence-corrected chi connectivity index (χ3v) is 2.57. The second-order valence-electron chi connectivity index (χ2n) is 4.73. The number of nitrogens with one attached hydrogen (secondary N) is 1. The predicted octanol–water partition coefficient (Wildman–Crippen LogP) is 1.93. The van der Waals surface area contributed by atoms with E-state index in [-0.39, 0.29) is 5.41 Å². The van der Waals surface area contributed by atoms with Crippen LogP contribution in [-0.2, 0) is 13.1 Å². The Hall–Kier alpha value is -1.34. The summed E-state index contributed by atoms with van der Waals surface area (Å²) in [6.45, 7) is 5.69. The van der Waals surface area contributed by atoms with Crippen molar-refractivity contribution in [2.24, 2.45) is 5.41 Å². The number of aryl methyl sites for hydroxylation is 1. The van der Waals surface area contributed by atoms with Gasteiger partial charge in [0.1, 0.15) is 0 Å². The fourth-order valence-corrected chi connectivity index (χ4v) is 1.56. The molecule has 1 aromatic rings. The Labute approximate surface area is 97.3 Å². The van der Waals surface area contributed by atoms with Crippen molar-refractivity contribution in [3.05, 3.63) is 18.2 Å². The fraction of sp³-hybridized carbons (Fsp3) is 0.667. The van der Waals surface area contributed by atoms with E-state index in [0.29, 0.717) is 0 Å². The van der Waals surface area contributed by atoms with Gasteiger partial charge in [0.2, 0.25) is 0 Å². The second-order valence-corrected chi connectivity index (χ2v) is 4.73. The van der Waals surface area contributed by atoms with Crippen LogP contribution in [0.15, 0.2) is 12.5 Å². The summed E-state index contributed by atoms with van der Waals surface area (Å²) in [5, 5.41) is 12.0. The SMILES string of the molecule is CNCc1cn(CCCC(C)(C)C#N)cn1. The molecule has 16 heavy (non-hydrogen) atoms. The lowest BCUT2D eigenvalue weighted by Crippen LogP contribution is -2.09. The lowest BCUT2D eigenvalue weighted by Gasteiger charge is -2.14. The van der Waals surface area contributed by atoms with Crippen molar-refractivity contribution in [3.8, 4) is 6.07 Å². The highest BCUT2D eigenvalue weighted by atomic mass is 15.0. The zero-order valence-corrected chi connectivity index (χ0v) is 10.3. The highest BCUT2D eigenvalue weighted by molar-refractivity contribution is 4.96. The molecule has 0 aliphatic carbocycles. The Balaban J connectivity index is 2.35. The van der Waals surface area contributed by atoms with Crippen LogP contribution < -0.4 is 5.32 Å². The minimum Gasteiger partial charge on any atom is -0.337 e. The predicted molar refractivity (Wildman–Crippen MR) is 63.6 cm³/mol. The molecule has 0 saturated carbocycles. The van der Waals surface area contributed by atoms with Crippen LogP contribution in [0.1, 0.15) is 32.4 Å².